The fourth-order valence-corrected chi connectivity index (χ4v) is 3.76. The summed E-state index contributed by atoms with van der Waals surface area (Å²) in [5.74, 6) is -0.336. The lowest BCUT2D eigenvalue weighted by Crippen LogP contribution is -2.42. The van der Waals surface area contributed by atoms with Gasteiger partial charge in [0.25, 0.3) is 0 Å². The minimum absolute atomic E-state index is 0.0735. The van der Waals surface area contributed by atoms with Crippen molar-refractivity contribution in [1.82, 2.24) is 20.0 Å². The number of nitriles is 1. The molecule has 34 heavy (non-hydrogen) atoms. The first-order valence-corrected chi connectivity index (χ1v) is 10.4. The second kappa shape index (κ2) is 8.50. The molecule has 4 aromatic rings. The predicted molar refractivity (Wildman–Crippen MR) is 116 cm³/mol. The van der Waals surface area contributed by atoms with E-state index in [9.17, 15) is 27.9 Å². The molecule has 0 saturated carbocycles. The molecule has 0 amide bonds. The Bertz CT molecular complexity index is 1420. The molecule has 1 unspecified atom stereocenters. The number of nitrogens with zero attached hydrogens (tertiary/aromatic N) is 5. The van der Waals surface area contributed by atoms with Gasteiger partial charge in [0, 0.05) is 5.39 Å². The Morgan fingerprint density at radius 1 is 1.12 bits per heavy atom. The van der Waals surface area contributed by atoms with Crippen LogP contribution in [-0.4, -0.2) is 31.3 Å². The zero-order valence-electron chi connectivity index (χ0n) is 18.2. The molecular weight excluding hydrogens is 450 g/mol. The van der Waals surface area contributed by atoms with Crippen molar-refractivity contribution in [2.45, 2.75) is 38.6 Å². The van der Waals surface area contributed by atoms with E-state index >= 15 is 0 Å². The predicted octanol–water partition coefficient (Wildman–Crippen LogP) is 5.02. The number of aryl methyl sites for hydroxylation is 1. The van der Waals surface area contributed by atoms with Crippen molar-refractivity contribution in [3.63, 3.8) is 0 Å². The van der Waals surface area contributed by atoms with E-state index < -0.39 is 23.9 Å². The number of halogens is 4. The Morgan fingerprint density at radius 3 is 2.53 bits per heavy atom. The molecule has 10 heteroatoms. The van der Waals surface area contributed by atoms with Gasteiger partial charge < -0.3 is 5.11 Å². The summed E-state index contributed by atoms with van der Waals surface area (Å²) in [7, 11) is 0. The van der Waals surface area contributed by atoms with Crippen LogP contribution in [0.2, 0.25) is 0 Å². The van der Waals surface area contributed by atoms with Gasteiger partial charge in [-0.15, -0.1) is 5.10 Å². The van der Waals surface area contributed by atoms with Crippen LogP contribution in [0, 0.1) is 24.1 Å². The van der Waals surface area contributed by atoms with E-state index in [1.165, 1.54) is 17.7 Å². The molecule has 0 aliphatic carbocycles. The number of fused-ring (bicyclic) bond motifs is 1. The lowest BCUT2D eigenvalue weighted by Gasteiger charge is -2.26. The van der Waals surface area contributed by atoms with E-state index in [0.717, 1.165) is 17.1 Å². The molecule has 2 aromatic carbocycles. The molecule has 174 valence electrons. The minimum Gasteiger partial charge on any atom is -0.375 e. The standard InChI is InChI=1S/C24H19F4N5O/c1-3-23(34,24(26,27)28)22-13-33(32-31-22)12-15-4-6-18-19(10-17(11-29)30-21(18)9-15)16-5-7-20(25)14(2)8-16/h4-10,13,34H,3,12H2,1-2H3. The van der Waals surface area contributed by atoms with E-state index in [1.54, 1.807) is 43.3 Å². The quantitative estimate of drug-likeness (QED) is 0.415. The zero-order valence-corrected chi connectivity index (χ0v) is 18.2. The van der Waals surface area contributed by atoms with Crippen LogP contribution in [0.5, 0.6) is 0 Å². The van der Waals surface area contributed by atoms with Crippen LogP contribution in [0.3, 0.4) is 0 Å². The molecule has 6 nitrogen and oxygen atoms in total. The van der Waals surface area contributed by atoms with Gasteiger partial charge in [0.15, 0.2) is 0 Å². The Morgan fingerprint density at radius 2 is 1.88 bits per heavy atom. The molecule has 1 atom stereocenters. The first-order valence-electron chi connectivity index (χ1n) is 10.4. The number of aromatic nitrogens is 4. The smallest absolute Gasteiger partial charge is 0.375 e. The third-order valence-electron chi connectivity index (χ3n) is 5.75. The third-order valence-corrected chi connectivity index (χ3v) is 5.75. The Labute approximate surface area is 192 Å². The molecule has 0 spiro atoms. The summed E-state index contributed by atoms with van der Waals surface area (Å²) in [6.07, 6.45) is -4.43. The van der Waals surface area contributed by atoms with Gasteiger partial charge >= 0.3 is 6.18 Å². The molecule has 0 bridgehead atoms. The summed E-state index contributed by atoms with van der Waals surface area (Å²) in [4.78, 5) is 4.34. The molecule has 0 saturated heterocycles. The number of hydrogen-bond donors (Lipinski definition) is 1. The average Bonchev–Trinajstić information content (AvgIpc) is 3.27. The molecular formula is C24H19F4N5O. The summed E-state index contributed by atoms with van der Waals surface area (Å²) >= 11 is 0. The lowest BCUT2D eigenvalue weighted by molar-refractivity contribution is -0.269. The number of benzene rings is 2. The van der Waals surface area contributed by atoms with Crippen molar-refractivity contribution >= 4 is 10.9 Å². The summed E-state index contributed by atoms with van der Waals surface area (Å²) in [5.41, 5.74) is -0.454. The normalized spacial score (nSPS) is 13.6. The number of pyridine rings is 1. The highest BCUT2D eigenvalue weighted by Crippen LogP contribution is 2.40. The van der Waals surface area contributed by atoms with Crippen LogP contribution < -0.4 is 0 Å². The maximum atomic E-state index is 13.7. The van der Waals surface area contributed by atoms with Gasteiger partial charge in [-0.25, -0.2) is 14.1 Å². The van der Waals surface area contributed by atoms with Crippen molar-refractivity contribution in [2.75, 3.05) is 0 Å². The minimum atomic E-state index is -4.89. The molecule has 0 fully saturated rings. The topological polar surface area (TPSA) is 87.6 Å². The highest BCUT2D eigenvalue weighted by molar-refractivity contribution is 5.95. The van der Waals surface area contributed by atoms with Gasteiger partial charge in [-0.1, -0.05) is 30.3 Å². The molecule has 2 aromatic heterocycles. The van der Waals surface area contributed by atoms with Crippen LogP contribution >= 0.6 is 0 Å². The maximum absolute atomic E-state index is 13.7. The summed E-state index contributed by atoms with van der Waals surface area (Å²) in [5, 5.41) is 27.5. The number of rotatable bonds is 5. The van der Waals surface area contributed by atoms with Crippen LogP contribution in [-0.2, 0) is 12.1 Å². The fraction of sp³-hybridized carbons (Fsp3) is 0.250. The van der Waals surface area contributed by atoms with Gasteiger partial charge in [0.05, 0.1) is 18.3 Å². The lowest BCUT2D eigenvalue weighted by atomic mass is 9.96. The summed E-state index contributed by atoms with van der Waals surface area (Å²) in [6, 6.07) is 13.6. The highest BCUT2D eigenvalue weighted by Gasteiger charge is 2.55. The van der Waals surface area contributed by atoms with E-state index in [1.807, 2.05) is 6.07 Å². The van der Waals surface area contributed by atoms with E-state index in [4.69, 9.17) is 0 Å². The van der Waals surface area contributed by atoms with Crippen molar-refractivity contribution in [3.05, 3.63) is 77.0 Å². The van der Waals surface area contributed by atoms with Crippen molar-refractivity contribution in [1.29, 1.82) is 5.26 Å². The Balaban J connectivity index is 1.72. The van der Waals surface area contributed by atoms with E-state index in [0.29, 0.717) is 22.2 Å². The van der Waals surface area contributed by atoms with Gasteiger partial charge in [0.2, 0.25) is 5.60 Å². The number of aliphatic hydroxyl groups is 1. The van der Waals surface area contributed by atoms with E-state index in [-0.39, 0.29) is 18.1 Å². The highest BCUT2D eigenvalue weighted by atomic mass is 19.4. The SMILES string of the molecule is CCC(O)(c1cn(Cc2ccc3c(-c4ccc(F)c(C)c4)cc(C#N)nc3c2)nn1)C(F)(F)F. The second-order valence-electron chi connectivity index (χ2n) is 8.00. The molecule has 0 aliphatic heterocycles. The first-order chi connectivity index (χ1) is 16.1. The molecule has 2 heterocycles. The van der Waals surface area contributed by atoms with Crippen LogP contribution in [0.25, 0.3) is 22.0 Å². The Hall–Kier alpha value is -3.84. The number of hydrogen-bond acceptors (Lipinski definition) is 5. The van der Waals surface area contributed by atoms with Crippen molar-refractivity contribution in [3.8, 4) is 17.2 Å². The summed E-state index contributed by atoms with van der Waals surface area (Å²) in [6.45, 7) is 2.94. The van der Waals surface area contributed by atoms with Crippen LogP contribution in [0.4, 0.5) is 17.6 Å². The van der Waals surface area contributed by atoms with Crippen LogP contribution in [0.15, 0.2) is 48.7 Å². The molecule has 0 radical (unpaired) electrons. The third kappa shape index (κ3) is 4.10. The maximum Gasteiger partial charge on any atom is 0.423 e. The van der Waals surface area contributed by atoms with Crippen molar-refractivity contribution in [2.24, 2.45) is 0 Å². The fourth-order valence-electron chi connectivity index (χ4n) is 3.76. The van der Waals surface area contributed by atoms with Gasteiger partial charge in [0.1, 0.15) is 23.3 Å². The zero-order chi connectivity index (χ0) is 24.7. The summed E-state index contributed by atoms with van der Waals surface area (Å²) < 4.78 is 54.9. The van der Waals surface area contributed by atoms with E-state index in [2.05, 4.69) is 15.3 Å². The molecule has 0 aliphatic rings. The second-order valence-corrected chi connectivity index (χ2v) is 8.00. The Kier molecular flexibility index (Phi) is 5.83. The van der Waals surface area contributed by atoms with Crippen molar-refractivity contribution < 1.29 is 22.7 Å². The van der Waals surface area contributed by atoms with Gasteiger partial charge in [-0.3, -0.25) is 0 Å². The van der Waals surface area contributed by atoms with Crippen LogP contribution in [0.1, 0.15) is 35.9 Å². The monoisotopic (exact) mass is 469 g/mol. The largest absolute Gasteiger partial charge is 0.423 e. The molecule has 4 rings (SSSR count). The number of alkyl halides is 3. The van der Waals surface area contributed by atoms with Gasteiger partial charge in [-0.2, -0.15) is 18.4 Å². The van der Waals surface area contributed by atoms with Gasteiger partial charge in [-0.05, 0) is 59.9 Å². The average molecular weight is 469 g/mol. The first kappa shape index (κ1) is 23.3. The molecule has 1 N–H and O–H groups in total.